The van der Waals surface area contributed by atoms with Gasteiger partial charge in [-0.15, -0.1) is 11.3 Å². The minimum Gasteiger partial charge on any atom is -0.339 e. The molecule has 1 atom stereocenters. The van der Waals surface area contributed by atoms with E-state index < -0.39 is 0 Å². The number of likely N-dealkylation sites (N-methyl/N-ethyl adjacent to an activating group) is 1. The van der Waals surface area contributed by atoms with Gasteiger partial charge in [0.1, 0.15) is 0 Å². The maximum atomic E-state index is 12.0. The van der Waals surface area contributed by atoms with Crippen molar-refractivity contribution in [1.82, 2.24) is 10.2 Å². The van der Waals surface area contributed by atoms with E-state index in [-0.39, 0.29) is 5.91 Å². The van der Waals surface area contributed by atoms with E-state index >= 15 is 0 Å². The molecular weight excluding hydrogens is 244 g/mol. The monoisotopic (exact) mass is 266 g/mol. The SMILES string of the molecule is CNCC(=O)N1CCCC[C@H]1CCc1cccs1. The Labute approximate surface area is 113 Å². The number of thiophene rings is 1. The second-order valence-corrected chi connectivity index (χ2v) is 5.92. The second-order valence-electron chi connectivity index (χ2n) is 4.89. The van der Waals surface area contributed by atoms with Gasteiger partial charge in [-0.05, 0) is 50.6 Å². The zero-order valence-corrected chi connectivity index (χ0v) is 11.8. The summed E-state index contributed by atoms with van der Waals surface area (Å²) in [6, 6.07) is 4.74. The van der Waals surface area contributed by atoms with Crippen LogP contribution in [0.25, 0.3) is 0 Å². The quantitative estimate of drug-likeness (QED) is 0.887. The maximum Gasteiger partial charge on any atom is 0.236 e. The predicted octanol–water partition coefficient (Wildman–Crippen LogP) is 2.28. The zero-order chi connectivity index (χ0) is 12.8. The van der Waals surface area contributed by atoms with Crippen LogP contribution in [0.3, 0.4) is 0 Å². The molecule has 2 rings (SSSR count). The standard InChI is InChI=1S/C14H22N2OS/c1-15-11-14(17)16-9-3-2-5-12(16)7-8-13-6-4-10-18-13/h4,6,10,12,15H,2-3,5,7-9,11H2,1H3/t12-/m0/s1. The highest BCUT2D eigenvalue weighted by molar-refractivity contribution is 7.09. The van der Waals surface area contributed by atoms with Crippen molar-refractivity contribution in [1.29, 1.82) is 0 Å². The number of hydrogen-bond donors (Lipinski definition) is 1. The number of hydrogen-bond acceptors (Lipinski definition) is 3. The number of nitrogens with one attached hydrogen (secondary N) is 1. The first-order valence-corrected chi connectivity index (χ1v) is 7.65. The third kappa shape index (κ3) is 3.56. The number of piperidine rings is 1. The molecule has 1 saturated heterocycles. The highest BCUT2D eigenvalue weighted by Crippen LogP contribution is 2.22. The van der Waals surface area contributed by atoms with Gasteiger partial charge in [-0.3, -0.25) is 4.79 Å². The Morgan fingerprint density at radius 1 is 1.56 bits per heavy atom. The van der Waals surface area contributed by atoms with Crippen molar-refractivity contribution in [2.24, 2.45) is 0 Å². The lowest BCUT2D eigenvalue weighted by atomic mass is 9.97. The molecule has 1 aromatic heterocycles. The van der Waals surface area contributed by atoms with E-state index in [9.17, 15) is 4.79 Å². The average molecular weight is 266 g/mol. The Hall–Kier alpha value is -0.870. The fourth-order valence-electron chi connectivity index (χ4n) is 2.65. The number of likely N-dealkylation sites (tertiary alicyclic amines) is 1. The van der Waals surface area contributed by atoms with Gasteiger partial charge in [0.05, 0.1) is 6.54 Å². The molecule has 0 aliphatic carbocycles. The Bertz CT molecular complexity index is 364. The lowest BCUT2D eigenvalue weighted by molar-refractivity contribution is -0.133. The Kier molecular flexibility index (Phi) is 5.20. The van der Waals surface area contributed by atoms with Crippen LogP contribution in [0.1, 0.15) is 30.6 Å². The van der Waals surface area contributed by atoms with E-state index in [1.54, 1.807) is 0 Å². The Balaban J connectivity index is 1.89. The minimum atomic E-state index is 0.258. The molecule has 0 spiro atoms. The fraction of sp³-hybridized carbons (Fsp3) is 0.643. The average Bonchev–Trinajstić information content (AvgIpc) is 2.90. The van der Waals surface area contributed by atoms with Gasteiger partial charge in [0.25, 0.3) is 0 Å². The molecule has 3 nitrogen and oxygen atoms in total. The molecule has 0 aromatic carbocycles. The first kappa shape index (κ1) is 13.6. The molecule has 1 N–H and O–H groups in total. The number of carbonyl (C=O) groups excluding carboxylic acids is 1. The Morgan fingerprint density at radius 2 is 2.44 bits per heavy atom. The smallest absolute Gasteiger partial charge is 0.236 e. The molecule has 1 aliphatic heterocycles. The van der Waals surface area contributed by atoms with Crippen molar-refractivity contribution in [2.45, 2.75) is 38.1 Å². The number of rotatable bonds is 5. The van der Waals surface area contributed by atoms with Crippen molar-refractivity contribution < 1.29 is 4.79 Å². The zero-order valence-electron chi connectivity index (χ0n) is 11.0. The summed E-state index contributed by atoms with van der Waals surface area (Å²) in [5.41, 5.74) is 0. The third-order valence-electron chi connectivity index (χ3n) is 3.58. The number of aryl methyl sites for hydroxylation is 1. The van der Waals surface area contributed by atoms with Gasteiger partial charge in [-0.1, -0.05) is 6.07 Å². The van der Waals surface area contributed by atoms with E-state index in [1.165, 1.54) is 17.7 Å². The van der Waals surface area contributed by atoms with Crippen LogP contribution < -0.4 is 5.32 Å². The lowest BCUT2D eigenvalue weighted by Gasteiger charge is -2.36. The van der Waals surface area contributed by atoms with Crippen molar-refractivity contribution >= 4 is 17.2 Å². The predicted molar refractivity (Wildman–Crippen MR) is 75.9 cm³/mol. The molecule has 0 bridgehead atoms. The molecule has 4 heteroatoms. The molecule has 100 valence electrons. The fourth-order valence-corrected chi connectivity index (χ4v) is 3.37. The van der Waals surface area contributed by atoms with Crippen LogP contribution in [-0.2, 0) is 11.2 Å². The van der Waals surface area contributed by atoms with Crippen LogP contribution in [0.4, 0.5) is 0 Å². The van der Waals surface area contributed by atoms with Crippen LogP contribution in [-0.4, -0.2) is 37.0 Å². The molecule has 1 aromatic rings. The highest BCUT2D eigenvalue weighted by atomic mass is 32.1. The molecule has 1 aliphatic rings. The van der Waals surface area contributed by atoms with Crippen molar-refractivity contribution in [2.75, 3.05) is 20.1 Å². The van der Waals surface area contributed by atoms with Crippen LogP contribution in [0, 0.1) is 0 Å². The topological polar surface area (TPSA) is 32.3 Å². The van der Waals surface area contributed by atoms with Crippen LogP contribution in [0.2, 0.25) is 0 Å². The molecule has 0 radical (unpaired) electrons. The minimum absolute atomic E-state index is 0.258. The maximum absolute atomic E-state index is 12.0. The van der Waals surface area contributed by atoms with Gasteiger partial charge in [-0.25, -0.2) is 0 Å². The number of carbonyl (C=O) groups is 1. The van der Waals surface area contributed by atoms with Crippen molar-refractivity contribution in [3.8, 4) is 0 Å². The Morgan fingerprint density at radius 3 is 3.17 bits per heavy atom. The lowest BCUT2D eigenvalue weighted by Crippen LogP contribution is -2.47. The highest BCUT2D eigenvalue weighted by Gasteiger charge is 2.25. The normalized spacial score (nSPS) is 20.1. The number of nitrogens with zero attached hydrogens (tertiary/aromatic N) is 1. The van der Waals surface area contributed by atoms with Gasteiger partial charge in [0.2, 0.25) is 5.91 Å². The number of amides is 1. The molecule has 18 heavy (non-hydrogen) atoms. The second kappa shape index (κ2) is 6.90. The van der Waals surface area contributed by atoms with Crippen molar-refractivity contribution in [3.63, 3.8) is 0 Å². The van der Waals surface area contributed by atoms with Crippen molar-refractivity contribution in [3.05, 3.63) is 22.4 Å². The van der Waals surface area contributed by atoms with E-state index in [4.69, 9.17) is 0 Å². The van der Waals surface area contributed by atoms with Gasteiger partial charge < -0.3 is 10.2 Å². The summed E-state index contributed by atoms with van der Waals surface area (Å²) < 4.78 is 0. The summed E-state index contributed by atoms with van der Waals surface area (Å²) in [4.78, 5) is 15.6. The molecule has 2 heterocycles. The van der Waals surface area contributed by atoms with Gasteiger partial charge in [0.15, 0.2) is 0 Å². The summed E-state index contributed by atoms with van der Waals surface area (Å²) in [7, 11) is 1.84. The van der Waals surface area contributed by atoms with Crippen LogP contribution in [0.5, 0.6) is 0 Å². The van der Waals surface area contributed by atoms with Gasteiger partial charge in [-0.2, -0.15) is 0 Å². The summed E-state index contributed by atoms with van der Waals surface area (Å²) in [6.07, 6.45) is 5.80. The van der Waals surface area contributed by atoms with Gasteiger partial charge >= 0.3 is 0 Å². The largest absolute Gasteiger partial charge is 0.339 e. The van der Waals surface area contributed by atoms with E-state index in [1.807, 2.05) is 18.4 Å². The first-order chi connectivity index (χ1) is 8.81. The summed E-state index contributed by atoms with van der Waals surface area (Å²) in [6.45, 7) is 1.41. The van der Waals surface area contributed by atoms with Crippen LogP contribution >= 0.6 is 11.3 Å². The third-order valence-corrected chi connectivity index (χ3v) is 4.52. The molecule has 1 amide bonds. The van der Waals surface area contributed by atoms with Gasteiger partial charge in [0, 0.05) is 17.5 Å². The summed E-state index contributed by atoms with van der Waals surface area (Å²) >= 11 is 1.82. The molecular formula is C14H22N2OS. The first-order valence-electron chi connectivity index (χ1n) is 6.77. The van der Waals surface area contributed by atoms with Crippen LogP contribution in [0.15, 0.2) is 17.5 Å². The summed E-state index contributed by atoms with van der Waals surface area (Å²) in [5.74, 6) is 0.258. The molecule has 0 unspecified atom stereocenters. The molecule has 1 fully saturated rings. The van der Waals surface area contributed by atoms with E-state index in [0.717, 1.165) is 25.8 Å². The van der Waals surface area contributed by atoms with E-state index in [0.29, 0.717) is 12.6 Å². The molecule has 0 saturated carbocycles. The van der Waals surface area contributed by atoms with E-state index in [2.05, 4.69) is 27.7 Å². The summed E-state index contributed by atoms with van der Waals surface area (Å²) in [5, 5.41) is 5.09.